The van der Waals surface area contributed by atoms with E-state index in [0.717, 1.165) is 38.4 Å². The van der Waals surface area contributed by atoms with Crippen LogP contribution in [0, 0.1) is 0 Å². The second-order valence-electron chi connectivity index (χ2n) is 3.19. The van der Waals surface area contributed by atoms with E-state index in [2.05, 4.69) is 29.2 Å². The highest BCUT2D eigenvalue weighted by Crippen LogP contribution is 1.92. The molecule has 0 aromatic carbocycles. The van der Waals surface area contributed by atoms with Gasteiger partial charge in [0.05, 0.1) is 5.69 Å². The summed E-state index contributed by atoms with van der Waals surface area (Å²) in [5, 5.41) is 7.14. The minimum absolute atomic E-state index is 0.789. The third kappa shape index (κ3) is 3.89. The van der Waals surface area contributed by atoms with Gasteiger partial charge >= 0.3 is 0 Å². The van der Waals surface area contributed by atoms with Crippen LogP contribution in [0.5, 0.6) is 0 Å². The zero-order valence-electron chi connectivity index (χ0n) is 8.99. The van der Waals surface area contributed by atoms with Crippen molar-refractivity contribution in [2.75, 3.05) is 26.2 Å². The van der Waals surface area contributed by atoms with E-state index in [1.807, 2.05) is 6.07 Å². The Balaban J connectivity index is 2.04. The van der Waals surface area contributed by atoms with Crippen LogP contribution in [-0.2, 0) is 6.54 Å². The van der Waals surface area contributed by atoms with E-state index in [1.165, 1.54) is 0 Å². The normalized spacial score (nSPS) is 11.1. The molecule has 4 heteroatoms. The fraction of sp³-hybridized carbons (Fsp3) is 0.700. The first-order valence-electron chi connectivity index (χ1n) is 5.19. The quantitative estimate of drug-likeness (QED) is 0.665. The minimum atomic E-state index is 0.789. The molecule has 0 spiro atoms. The number of nitrogens with zero attached hydrogens (tertiary/aromatic N) is 2. The first kappa shape index (κ1) is 11.2. The minimum Gasteiger partial charge on any atom is -0.364 e. The molecule has 0 aliphatic carbocycles. The predicted molar refractivity (Wildman–Crippen MR) is 56.0 cm³/mol. The lowest BCUT2D eigenvalue weighted by molar-refractivity contribution is 0.301. The largest absolute Gasteiger partial charge is 0.364 e. The Morgan fingerprint density at radius 1 is 1.43 bits per heavy atom. The van der Waals surface area contributed by atoms with Crippen molar-refractivity contribution in [3.63, 3.8) is 0 Å². The molecule has 0 aliphatic rings. The Hall–Kier alpha value is -0.870. The number of aromatic nitrogens is 1. The van der Waals surface area contributed by atoms with E-state index < -0.39 is 0 Å². The van der Waals surface area contributed by atoms with E-state index >= 15 is 0 Å². The monoisotopic (exact) mass is 197 g/mol. The van der Waals surface area contributed by atoms with Gasteiger partial charge in [0.25, 0.3) is 0 Å². The first-order valence-corrected chi connectivity index (χ1v) is 5.19. The lowest BCUT2D eigenvalue weighted by Crippen LogP contribution is -2.31. The van der Waals surface area contributed by atoms with E-state index in [9.17, 15) is 0 Å². The van der Waals surface area contributed by atoms with Crippen LogP contribution in [-0.4, -0.2) is 36.2 Å². The maximum atomic E-state index is 4.73. The highest BCUT2D eigenvalue weighted by molar-refractivity contribution is 4.94. The molecule has 0 fully saturated rings. The van der Waals surface area contributed by atoms with Crippen LogP contribution in [0.2, 0.25) is 0 Å². The van der Waals surface area contributed by atoms with Crippen LogP contribution in [0.4, 0.5) is 0 Å². The zero-order valence-corrected chi connectivity index (χ0v) is 8.99. The van der Waals surface area contributed by atoms with Crippen molar-refractivity contribution in [1.82, 2.24) is 15.4 Å². The van der Waals surface area contributed by atoms with Gasteiger partial charge in [0, 0.05) is 25.7 Å². The van der Waals surface area contributed by atoms with Crippen molar-refractivity contribution in [2.24, 2.45) is 0 Å². The smallest absolute Gasteiger partial charge is 0.124 e. The molecule has 0 saturated heterocycles. The fourth-order valence-electron chi connectivity index (χ4n) is 1.32. The molecule has 14 heavy (non-hydrogen) atoms. The summed E-state index contributed by atoms with van der Waals surface area (Å²) in [5.74, 6) is 0. The van der Waals surface area contributed by atoms with E-state index in [4.69, 9.17) is 4.52 Å². The van der Waals surface area contributed by atoms with Crippen molar-refractivity contribution >= 4 is 0 Å². The molecule has 0 unspecified atom stereocenters. The average Bonchev–Trinajstić information content (AvgIpc) is 2.71. The number of hydrogen-bond acceptors (Lipinski definition) is 4. The molecular weight excluding hydrogens is 178 g/mol. The molecular formula is C10H19N3O. The summed E-state index contributed by atoms with van der Waals surface area (Å²) in [5.41, 5.74) is 0.963. The third-order valence-corrected chi connectivity index (χ3v) is 2.30. The van der Waals surface area contributed by atoms with Crippen LogP contribution < -0.4 is 5.32 Å². The van der Waals surface area contributed by atoms with E-state index in [0.29, 0.717) is 0 Å². The Kier molecular flexibility index (Phi) is 5.25. The van der Waals surface area contributed by atoms with Crippen molar-refractivity contribution in [1.29, 1.82) is 0 Å². The van der Waals surface area contributed by atoms with E-state index in [1.54, 1.807) is 6.26 Å². The van der Waals surface area contributed by atoms with Crippen molar-refractivity contribution in [2.45, 2.75) is 20.4 Å². The highest BCUT2D eigenvalue weighted by Gasteiger charge is 1.98. The topological polar surface area (TPSA) is 41.3 Å². The Bertz CT molecular complexity index is 219. The van der Waals surface area contributed by atoms with Gasteiger partial charge in [-0.25, -0.2) is 0 Å². The SMILES string of the molecule is CCN(CC)CCNCc1ccon1. The predicted octanol–water partition coefficient (Wildman–Crippen LogP) is 1.11. The molecule has 80 valence electrons. The van der Waals surface area contributed by atoms with Crippen LogP contribution >= 0.6 is 0 Å². The summed E-state index contributed by atoms with van der Waals surface area (Å²) < 4.78 is 4.73. The maximum absolute atomic E-state index is 4.73. The van der Waals surface area contributed by atoms with E-state index in [-0.39, 0.29) is 0 Å². The molecule has 1 rings (SSSR count). The lowest BCUT2D eigenvalue weighted by Gasteiger charge is -2.17. The summed E-state index contributed by atoms with van der Waals surface area (Å²) in [6.07, 6.45) is 1.60. The van der Waals surface area contributed by atoms with Gasteiger partial charge < -0.3 is 14.7 Å². The third-order valence-electron chi connectivity index (χ3n) is 2.30. The number of hydrogen-bond donors (Lipinski definition) is 1. The molecule has 0 aliphatic heterocycles. The zero-order chi connectivity index (χ0) is 10.2. The van der Waals surface area contributed by atoms with Crippen LogP contribution in [0.1, 0.15) is 19.5 Å². The molecule has 0 bridgehead atoms. The van der Waals surface area contributed by atoms with Gasteiger partial charge in [-0.3, -0.25) is 0 Å². The molecule has 1 aromatic rings. The molecule has 1 N–H and O–H groups in total. The Morgan fingerprint density at radius 3 is 2.79 bits per heavy atom. The summed E-state index contributed by atoms with van der Waals surface area (Å²) in [6, 6.07) is 1.88. The van der Waals surface area contributed by atoms with Gasteiger partial charge in [-0.1, -0.05) is 19.0 Å². The van der Waals surface area contributed by atoms with Gasteiger partial charge in [-0.15, -0.1) is 0 Å². The average molecular weight is 197 g/mol. The fourth-order valence-corrected chi connectivity index (χ4v) is 1.32. The Labute approximate surface area is 85.3 Å². The summed E-state index contributed by atoms with van der Waals surface area (Å²) >= 11 is 0. The second kappa shape index (κ2) is 6.56. The molecule has 0 amide bonds. The van der Waals surface area contributed by atoms with Gasteiger partial charge in [-0.2, -0.15) is 0 Å². The van der Waals surface area contributed by atoms with Gasteiger partial charge in [-0.05, 0) is 13.1 Å². The van der Waals surface area contributed by atoms with Crippen LogP contribution in [0.25, 0.3) is 0 Å². The van der Waals surface area contributed by atoms with Gasteiger partial charge in [0.15, 0.2) is 0 Å². The van der Waals surface area contributed by atoms with Crippen molar-refractivity contribution in [3.05, 3.63) is 18.0 Å². The number of rotatable bonds is 7. The van der Waals surface area contributed by atoms with Crippen LogP contribution in [0.3, 0.4) is 0 Å². The Morgan fingerprint density at radius 2 is 2.21 bits per heavy atom. The molecule has 0 atom stereocenters. The van der Waals surface area contributed by atoms with Gasteiger partial charge in [0.2, 0.25) is 0 Å². The summed E-state index contributed by atoms with van der Waals surface area (Å²) in [4.78, 5) is 2.38. The molecule has 1 heterocycles. The molecule has 0 saturated carbocycles. The highest BCUT2D eigenvalue weighted by atomic mass is 16.5. The van der Waals surface area contributed by atoms with Crippen molar-refractivity contribution in [3.8, 4) is 0 Å². The maximum Gasteiger partial charge on any atom is 0.124 e. The van der Waals surface area contributed by atoms with Crippen LogP contribution in [0.15, 0.2) is 16.9 Å². The molecule has 4 nitrogen and oxygen atoms in total. The van der Waals surface area contributed by atoms with Gasteiger partial charge in [0.1, 0.15) is 6.26 Å². The number of nitrogens with one attached hydrogen (secondary N) is 1. The lowest BCUT2D eigenvalue weighted by atomic mass is 10.4. The summed E-state index contributed by atoms with van der Waals surface area (Å²) in [7, 11) is 0. The standard InChI is InChI=1S/C10H19N3O/c1-3-13(4-2)7-6-11-9-10-5-8-14-12-10/h5,8,11H,3-4,6-7,9H2,1-2H3. The first-order chi connectivity index (χ1) is 6.86. The number of likely N-dealkylation sites (N-methyl/N-ethyl adjacent to an activating group) is 1. The van der Waals surface area contributed by atoms with Crippen molar-refractivity contribution < 1.29 is 4.52 Å². The molecule has 0 radical (unpaired) electrons. The summed E-state index contributed by atoms with van der Waals surface area (Å²) in [6.45, 7) is 9.46. The second-order valence-corrected chi connectivity index (χ2v) is 3.19. The molecule has 1 aromatic heterocycles.